The summed E-state index contributed by atoms with van der Waals surface area (Å²) in [5.41, 5.74) is 0.777. The van der Waals surface area contributed by atoms with Gasteiger partial charge in [0.05, 0.1) is 21.3 Å². The van der Waals surface area contributed by atoms with Gasteiger partial charge in [0.25, 0.3) is 0 Å². The van der Waals surface area contributed by atoms with E-state index in [4.69, 9.17) is 32.7 Å². The molecule has 0 aliphatic rings. The third-order valence-corrected chi connectivity index (χ3v) is 3.20. The molecule has 0 aliphatic carbocycles. The van der Waals surface area contributed by atoms with Crippen LogP contribution in [0.2, 0.25) is 10.0 Å². The van der Waals surface area contributed by atoms with E-state index in [0.717, 1.165) is 0 Å². The van der Waals surface area contributed by atoms with Crippen molar-refractivity contribution < 1.29 is 14.3 Å². The van der Waals surface area contributed by atoms with Crippen LogP contribution in [0.25, 0.3) is 11.5 Å². The van der Waals surface area contributed by atoms with Crippen molar-refractivity contribution in [1.29, 1.82) is 0 Å². The number of halogens is 2. The summed E-state index contributed by atoms with van der Waals surface area (Å²) in [6, 6.07) is 4.98. The molecular weight excluding hydrogens is 289 g/mol. The van der Waals surface area contributed by atoms with Crippen LogP contribution >= 0.6 is 23.2 Å². The minimum Gasteiger partial charge on any atom is -0.475 e. The second kappa shape index (κ2) is 5.23. The molecular formula is C13H11Cl2NO3. The third kappa shape index (κ3) is 2.60. The Balaban J connectivity index is 2.64. The summed E-state index contributed by atoms with van der Waals surface area (Å²) < 4.78 is 5.31. The van der Waals surface area contributed by atoms with E-state index in [1.165, 1.54) is 0 Å². The zero-order chi connectivity index (χ0) is 14.2. The summed E-state index contributed by atoms with van der Waals surface area (Å²) in [4.78, 5) is 15.3. The molecule has 1 aromatic heterocycles. The highest BCUT2D eigenvalue weighted by Crippen LogP contribution is 2.36. The average Bonchev–Trinajstić information content (AvgIpc) is 2.73. The maximum atomic E-state index is 11.1. The summed E-state index contributed by atoms with van der Waals surface area (Å²) in [5.74, 6) is -1.30. The molecule has 1 aromatic carbocycles. The van der Waals surface area contributed by atoms with Crippen LogP contribution in [0, 0.1) is 0 Å². The Morgan fingerprint density at radius 2 is 1.89 bits per heavy atom. The summed E-state index contributed by atoms with van der Waals surface area (Å²) in [5, 5.41) is 9.84. The number of aromatic nitrogens is 1. The second-order valence-corrected chi connectivity index (χ2v) is 5.10. The number of carbonyl (C=O) groups is 1. The lowest BCUT2D eigenvalue weighted by atomic mass is 10.1. The van der Waals surface area contributed by atoms with Crippen molar-refractivity contribution in [1.82, 2.24) is 4.98 Å². The van der Waals surface area contributed by atoms with Gasteiger partial charge >= 0.3 is 5.97 Å². The molecule has 0 atom stereocenters. The van der Waals surface area contributed by atoms with Crippen LogP contribution < -0.4 is 0 Å². The Kier molecular flexibility index (Phi) is 3.83. The van der Waals surface area contributed by atoms with Crippen molar-refractivity contribution in [2.45, 2.75) is 19.8 Å². The largest absolute Gasteiger partial charge is 0.475 e. The molecule has 4 nitrogen and oxygen atoms in total. The van der Waals surface area contributed by atoms with Gasteiger partial charge in [-0.15, -0.1) is 0 Å². The monoisotopic (exact) mass is 299 g/mol. The van der Waals surface area contributed by atoms with Gasteiger partial charge in [0.1, 0.15) is 0 Å². The van der Waals surface area contributed by atoms with E-state index < -0.39 is 5.97 Å². The van der Waals surface area contributed by atoms with E-state index in [-0.39, 0.29) is 17.6 Å². The second-order valence-electron chi connectivity index (χ2n) is 4.29. The van der Waals surface area contributed by atoms with Gasteiger partial charge in [-0.25, -0.2) is 9.78 Å². The number of carboxylic acids is 1. The predicted molar refractivity (Wildman–Crippen MR) is 73.0 cm³/mol. The molecule has 0 fully saturated rings. The number of oxazole rings is 1. The van der Waals surface area contributed by atoms with Crippen molar-refractivity contribution in [3.05, 3.63) is 39.7 Å². The highest BCUT2D eigenvalue weighted by Gasteiger charge is 2.24. The Morgan fingerprint density at radius 3 is 2.32 bits per heavy atom. The Labute approximate surface area is 120 Å². The van der Waals surface area contributed by atoms with Gasteiger partial charge < -0.3 is 9.52 Å². The van der Waals surface area contributed by atoms with E-state index in [0.29, 0.717) is 21.3 Å². The molecule has 0 radical (unpaired) electrons. The Morgan fingerprint density at radius 1 is 1.32 bits per heavy atom. The van der Waals surface area contributed by atoms with Gasteiger partial charge in [-0.2, -0.15) is 0 Å². The summed E-state index contributed by atoms with van der Waals surface area (Å²) in [7, 11) is 0. The Bertz CT molecular complexity index is 615. The fourth-order valence-corrected chi connectivity index (χ4v) is 2.24. The van der Waals surface area contributed by atoms with Crippen molar-refractivity contribution >= 4 is 29.2 Å². The predicted octanol–water partition coefficient (Wildman–Crippen LogP) is 4.47. The molecule has 0 spiro atoms. The topological polar surface area (TPSA) is 63.3 Å². The minimum atomic E-state index is -1.16. The highest BCUT2D eigenvalue weighted by molar-refractivity contribution is 6.38. The molecule has 0 amide bonds. The van der Waals surface area contributed by atoms with Crippen LogP contribution in [0.5, 0.6) is 0 Å². The summed E-state index contributed by atoms with van der Waals surface area (Å²) in [6.45, 7) is 3.67. The van der Waals surface area contributed by atoms with Crippen molar-refractivity contribution in [3.63, 3.8) is 0 Å². The number of hydrogen-bond acceptors (Lipinski definition) is 3. The first-order valence-corrected chi connectivity index (χ1v) is 6.35. The normalized spacial score (nSPS) is 11.0. The van der Waals surface area contributed by atoms with Gasteiger partial charge in [-0.05, 0) is 18.1 Å². The van der Waals surface area contributed by atoms with Gasteiger partial charge in [-0.1, -0.05) is 43.1 Å². The molecule has 1 heterocycles. The summed E-state index contributed by atoms with van der Waals surface area (Å²) in [6.07, 6.45) is 0. The highest BCUT2D eigenvalue weighted by atomic mass is 35.5. The van der Waals surface area contributed by atoms with E-state index in [1.54, 1.807) is 18.2 Å². The minimum absolute atomic E-state index is 0.0788. The van der Waals surface area contributed by atoms with Crippen LogP contribution in [0.15, 0.2) is 22.6 Å². The van der Waals surface area contributed by atoms with Gasteiger partial charge in [0.2, 0.25) is 11.7 Å². The molecule has 2 rings (SSSR count). The van der Waals surface area contributed by atoms with Crippen molar-refractivity contribution in [2.75, 3.05) is 0 Å². The number of nitrogens with zero attached hydrogens (tertiary/aromatic N) is 1. The van der Waals surface area contributed by atoms with Crippen LogP contribution in [0.1, 0.15) is 36.0 Å². The average molecular weight is 300 g/mol. The molecule has 0 saturated heterocycles. The lowest BCUT2D eigenvalue weighted by Gasteiger charge is -2.01. The SMILES string of the molecule is CC(C)c1nc(-c2c(Cl)cccc2Cl)oc1C(=O)O. The zero-order valence-corrected chi connectivity index (χ0v) is 11.8. The van der Waals surface area contributed by atoms with E-state index in [1.807, 2.05) is 13.8 Å². The van der Waals surface area contributed by atoms with E-state index >= 15 is 0 Å². The smallest absolute Gasteiger partial charge is 0.373 e. The lowest BCUT2D eigenvalue weighted by Crippen LogP contribution is -2.01. The fraction of sp³-hybridized carbons (Fsp3) is 0.231. The maximum Gasteiger partial charge on any atom is 0.373 e. The molecule has 0 bridgehead atoms. The quantitative estimate of drug-likeness (QED) is 0.908. The van der Waals surface area contributed by atoms with Gasteiger partial charge in [0, 0.05) is 0 Å². The first-order chi connectivity index (χ1) is 8.91. The first kappa shape index (κ1) is 13.9. The van der Waals surface area contributed by atoms with Crippen molar-refractivity contribution in [3.8, 4) is 11.5 Å². The molecule has 19 heavy (non-hydrogen) atoms. The van der Waals surface area contributed by atoms with Gasteiger partial charge in [0.15, 0.2) is 0 Å². The number of aromatic carboxylic acids is 1. The van der Waals surface area contributed by atoms with Crippen LogP contribution in [-0.4, -0.2) is 16.1 Å². The number of rotatable bonds is 3. The fourth-order valence-electron chi connectivity index (χ4n) is 1.69. The van der Waals surface area contributed by atoms with Crippen molar-refractivity contribution in [2.24, 2.45) is 0 Å². The molecule has 0 saturated carbocycles. The number of benzene rings is 1. The van der Waals surface area contributed by atoms with Crippen LogP contribution in [0.3, 0.4) is 0 Å². The number of carboxylic acid groups (broad SMARTS) is 1. The standard InChI is InChI=1S/C13H11Cl2NO3/c1-6(2)10-11(13(17)18)19-12(16-10)9-7(14)4-3-5-8(9)15/h3-6H,1-2H3,(H,17,18). The van der Waals surface area contributed by atoms with Gasteiger partial charge in [-0.3, -0.25) is 0 Å². The molecule has 1 N–H and O–H groups in total. The van der Waals surface area contributed by atoms with Crippen LogP contribution in [-0.2, 0) is 0 Å². The van der Waals surface area contributed by atoms with Crippen LogP contribution in [0.4, 0.5) is 0 Å². The van der Waals surface area contributed by atoms with E-state index in [2.05, 4.69) is 4.98 Å². The zero-order valence-electron chi connectivity index (χ0n) is 10.3. The Hall–Kier alpha value is -1.52. The lowest BCUT2D eigenvalue weighted by molar-refractivity contribution is 0.0661. The third-order valence-electron chi connectivity index (χ3n) is 2.57. The first-order valence-electron chi connectivity index (χ1n) is 5.60. The summed E-state index contributed by atoms with van der Waals surface area (Å²) >= 11 is 12.1. The van der Waals surface area contributed by atoms with E-state index in [9.17, 15) is 4.79 Å². The maximum absolute atomic E-state index is 11.1. The molecule has 6 heteroatoms. The molecule has 0 aliphatic heterocycles. The molecule has 0 unspecified atom stereocenters. The number of hydrogen-bond donors (Lipinski definition) is 1. The molecule has 2 aromatic rings. The molecule has 100 valence electrons.